The lowest BCUT2D eigenvalue weighted by atomic mass is 10.4. The van der Waals surface area contributed by atoms with Crippen molar-refractivity contribution in [3.05, 3.63) is 16.1 Å². The lowest BCUT2D eigenvalue weighted by Gasteiger charge is -1.95. The van der Waals surface area contributed by atoms with Gasteiger partial charge in [0.1, 0.15) is 5.01 Å². The number of aromatic nitrogens is 1. The highest BCUT2D eigenvalue weighted by Gasteiger charge is 2.01. The van der Waals surface area contributed by atoms with E-state index in [0.717, 1.165) is 5.01 Å². The summed E-state index contributed by atoms with van der Waals surface area (Å²) in [5.74, 6) is 0. The van der Waals surface area contributed by atoms with E-state index in [9.17, 15) is 0 Å². The third kappa shape index (κ3) is 2.25. The van der Waals surface area contributed by atoms with Gasteiger partial charge in [-0.05, 0) is 13.8 Å². The third-order valence-electron chi connectivity index (χ3n) is 1.03. The molecule has 4 heteroatoms. The van der Waals surface area contributed by atoms with Crippen LogP contribution in [0.5, 0.6) is 0 Å². The highest BCUT2D eigenvalue weighted by atomic mass is 35.5. The maximum Gasteiger partial charge on any atom is 0.109 e. The summed E-state index contributed by atoms with van der Waals surface area (Å²) in [7, 11) is 0. The first-order valence-corrected chi connectivity index (χ1v) is 3.69. The van der Waals surface area contributed by atoms with Crippen LogP contribution in [0.2, 0.25) is 0 Å². The largest absolute Gasteiger partial charge is 0.322 e. The van der Waals surface area contributed by atoms with Crippen LogP contribution in [-0.4, -0.2) is 4.98 Å². The Morgan fingerprint density at radius 3 is 2.50 bits per heavy atom. The van der Waals surface area contributed by atoms with Crippen LogP contribution in [0, 0.1) is 6.92 Å². The second-order valence-corrected chi connectivity index (χ2v) is 3.36. The van der Waals surface area contributed by atoms with E-state index in [-0.39, 0.29) is 18.4 Å². The number of hydrogen-bond acceptors (Lipinski definition) is 3. The van der Waals surface area contributed by atoms with Crippen molar-refractivity contribution in [2.24, 2.45) is 5.73 Å². The fraction of sp³-hybridized carbons (Fsp3) is 0.500. The average molecular weight is 179 g/mol. The molecule has 10 heavy (non-hydrogen) atoms. The predicted molar refractivity (Wildman–Crippen MR) is 46.7 cm³/mol. The molecule has 1 rings (SSSR count). The molecular weight excluding hydrogens is 168 g/mol. The molecule has 0 bridgehead atoms. The van der Waals surface area contributed by atoms with E-state index in [2.05, 4.69) is 4.98 Å². The van der Waals surface area contributed by atoms with Crippen LogP contribution < -0.4 is 5.73 Å². The van der Waals surface area contributed by atoms with Crippen molar-refractivity contribution in [1.29, 1.82) is 0 Å². The predicted octanol–water partition coefficient (Wildman–Crippen LogP) is 1.89. The summed E-state index contributed by atoms with van der Waals surface area (Å²) in [4.78, 5) is 5.33. The molecule has 0 saturated heterocycles. The molecule has 0 saturated carbocycles. The number of nitrogens with two attached hydrogens (primary N) is 1. The molecule has 0 spiro atoms. The summed E-state index contributed by atoms with van der Waals surface area (Å²) in [6.45, 7) is 3.97. The van der Waals surface area contributed by atoms with Crippen LogP contribution in [0.1, 0.15) is 22.9 Å². The van der Waals surface area contributed by atoms with Gasteiger partial charge < -0.3 is 5.73 Å². The van der Waals surface area contributed by atoms with Gasteiger partial charge in [0.05, 0.1) is 6.04 Å². The van der Waals surface area contributed by atoms with Crippen LogP contribution in [-0.2, 0) is 0 Å². The number of rotatable bonds is 1. The van der Waals surface area contributed by atoms with Crippen molar-refractivity contribution in [3.63, 3.8) is 0 Å². The fourth-order valence-electron chi connectivity index (χ4n) is 0.583. The van der Waals surface area contributed by atoms with E-state index in [4.69, 9.17) is 5.73 Å². The lowest BCUT2D eigenvalue weighted by molar-refractivity contribution is 0.807. The summed E-state index contributed by atoms with van der Waals surface area (Å²) in [5, 5.41) is 1.02. The highest BCUT2D eigenvalue weighted by molar-refractivity contribution is 7.11. The summed E-state index contributed by atoms with van der Waals surface area (Å²) in [6, 6.07) is 0.0868. The Kier molecular flexibility index (Phi) is 3.86. The molecule has 1 aromatic rings. The van der Waals surface area contributed by atoms with E-state index in [1.54, 1.807) is 11.3 Å². The maximum atomic E-state index is 5.57. The molecule has 0 fully saturated rings. The molecule has 1 aromatic heterocycles. The summed E-state index contributed by atoms with van der Waals surface area (Å²) in [5.41, 5.74) is 5.57. The Morgan fingerprint density at radius 1 is 1.70 bits per heavy atom. The molecule has 0 aliphatic heterocycles. The maximum absolute atomic E-state index is 5.57. The van der Waals surface area contributed by atoms with Gasteiger partial charge in [0.2, 0.25) is 0 Å². The average Bonchev–Trinajstić information content (AvgIpc) is 2.14. The normalized spacial score (nSPS) is 12.3. The SMILES string of the molecule is Cc1cnc(C(C)N)s1.Cl. The summed E-state index contributed by atoms with van der Waals surface area (Å²) in [6.07, 6.45) is 1.85. The Morgan fingerprint density at radius 2 is 2.30 bits per heavy atom. The number of halogens is 1. The van der Waals surface area contributed by atoms with Gasteiger partial charge in [-0.3, -0.25) is 0 Å². The first kappa shape index (κ1) is 9.88. The molecule has 0 amide bonds. The fourth-order valence-corrected chi connectivity index (χ4v) is 1.31. The van der Waals surface area contributed by atoms with Gasteiger partial charge in [0, 0.05) is 11.1 Å². The number of nitrogens with zero attached hydrogens (tertiary/aromatic N) is 1. The minimum Gasteiger partial charge on any atom is -0.322 e. The van der Waals surface area contributed by atoms with Crippen molar-refractivity contribution < 1.29 is 0 Å². The third-order valence-corrected chi connectivity index (χ3v) is 2.14. The number of thiazole rings is 1. The Labute approximate surface area is 70.9 Å². The molecule has 1 atom stereocenters. The number of hydrogen-bond donors (Lipinski definition) is 1. The molecule has 0 radical (unpaired) electrons. The van der Waals surface area contributed by atoms with Crippen LogP contribution in [0.25, 0.3) is 0 Å². The second-order valence-electron chi connectivity index (χ2n) is 2.10. The van der Waals surface area contributed by atoms with Crippen molar-refractivity contribution >= 4 is 23.7 Å². The molecule has 1 unspecified atom stereocenters. The molecule has 2 N–H and O–H groups in total. The quantitative estimate of drug-likeness (QED) is 0.714. The van der Waals surface area contributed by atoms with Crippen LogP contribution >= 0.6 is 23.7 Å². The Hall–Kier alpha value is -0.120. The first-order valence-electron chi connectivity index (χ1n) is 2.88. The zero-order valence-corrected chi connectivity index (χ0v) is 7.63. The number of aryl methyl sites for hydroxylation is 1. The Balaban J connectivity index is 0.000000810. The summed E-state index contributed by atoms with van der Waals surface area (Å²) < 4.78 is 0. The van der Waals surface area contributed by atoms with E-state index < -0.39 is 0 Å². The molecular formula is C6H11ClN2S. The van der Waals surface area contributed by atoms with Gasteiger partial charge >= 0.3 is 0 Å². The van der Waals surface area contributed by atoms with Crippen molar-refractivity contribution in [1.82, 2.24) is 4.98 Å². The van der Waals surface area contributed by atoms with Crippen LogP contribution in [0.4, 0.5) is 0 Å². The monoisotopic (exact) mass is 178 g/mol. The van der Waals surface area contributed by atoms with Gasteiger partial charge in [-0.25, -0.2) is 4.98 Å². The molecule has 1 heterocycles. The zero-order chi connectivity index (χ0) is 6.85. The topological polar surface area (TPSA) is 38.9 Å². The van der Waals surface area contributed by atoms with E-state index in [1.807, 2.05) is 20.0 Å². The second kappa shape index (κ2) is 3.91. The smallest absolute Gasteiger partial charge is 0.109 e. The minimum atomic E-state index is 0. The highest BCUT2D eigenvalue weighted by Crippen LogP contribution is 2.16. The molecule has 0 aliphatic carbocycles. The van der Waals surface area contributed by atoms with Gasteiger partial charge in [0.25, 0.3) is 0 Å². The van der Waals surface area contributed by atoms with Crippen molar-refractivity contribution in [3.8, 4) is 0 Å². The van der Waals surface area contributed by atoms with Crippen LogP contribution in [0.15, 0.2) is 6.20 Å². The molecule has 0 aliphatic rings. The standard InChI is InChI=1S/C6H10N2S.ClH/c1-4-3-8-6(9-4)5(2)7;/h3,5H,7H2,1-2H3;1H. The summed E-state index contributed by atoms with van der Waals surface area (Å²) >= 11 is 1.66. The zero-order valence-electron chi connectivity index (χ0n) is 6.00. The van der Waals surface area contributed by atoms with E-state index >= 15 is 0 Å². The first-order chi connectivity index (χ1) is 4.20. The van der Waals surface area contributed by atoms with E-state index in [1.165, 1.54) is 4.88 Å². The van der Waals surface area contributed by atoms with Crippen molar-refractivity contribution in [2.75, 3.05) is 0 Å². The molecule has 0 aromatic carbocycles. The lowest BCUT2D eigenvalue weighted by Crippen LogP contribution is -2.03. The molecule has 2 nitrogen and oxygen atoms in total. The van der Waals surface area contributed by atoms with Crippen molar-refractivity contribution in [2.45, 2.75) is 19.9 Å². The van der Waals surface area contributed by atoms with Gasteiger partial charge in [-0.15, -0.1) is 23.7 Å². The molecule has 58 valence electrons. The van der Waals surface area contributed by atoms with Gasteiger partial charge in [0.15, 0.2) is 0 Å². The van der Waals surface area contributed by atoms with Gasteiger partial charge in [-0.1, -0.05) is 0 Å². The minimum absolute atomic E-state index is 0. The van der Waals surface area contributed by atoms with Gasteiger partial charge in [-0.2, -0.15) is 0 Å². The van der Waals surface area contributed by atoms with E-state index in [0.29, 0.717) is 0 Å². The Bertz CT molecular complexity index is 197. The van der Waals surface area contributed by atoms with Crippen LogP contribution in [0.3, 0.4) is 0 Å².